The summed E-state index contributed by atoms with van der Waals surface area (Å²) in [7, 11) is 3.43. The van der Waals surface area contributed by atoms with Crippen LogP contribution in [0.1, 0.15) is 31.7 Å². The number of ether oxygens (including phenoxy) is 2. The summed E-state index contributed by atoms with van der Waals surface area (Å²) >= 11 is 0. The molecule has 0 saturated heterocycles. The molecule has 0 aliphatic carbocycles. The lowest BCUT2D eigenvalue weighted by Crippen LogP contribution is -2.22. The fraction of sp³-hybridized carbons (Fsp3) is 0.600. The molecule has 2 N–H and O–H groups in total. The summed E-state index contributed by atoms with van der Waals surface area (Å²) < 4.78 is 10.4. The number of benzene rings is 1. The Morgan fingerprint density at radius 1 is 1.06 bits per heavy atom. The molecule has 0 heterocycles. The van der Waals surface area contributed by atoms with Crippen LogP contribution in [0.25, 0.3) is 0 Å². The minimum atomic E-state index is 0.254. The number of rotatable bonds is 8. The maximum absolute atomic E-state index is 6.10. The molecule has 102 valence electrons. The van der Waals surface area contributed by atoms with Crippen LogP contribution in [0.4, 0.5) is 0 Å². The van der Waals surface area contributed by atoms with Gasteiger partial charge >= 0.3 is 0 Å². The third-order valence-corrected chi connectivity index (χ3v) is 3.31. The quantitative estimate of drug-likeness (QED) is 0.772. The first-order chi connectivity index (χ1) is 8.65. The second-order valence-corrected chi connectivity index (χ2v) is 4.77. The molecule has 0 saturated carbocycles. The average molecular weight is 251 g/mol. The maximum atomic E-state index is 6.10. The Morgan fingerprint density at radius 2 is 1.72 bits per heavy atom. The Labute approximate surface area is 110 Å². The third kappa shape index (κ3) is 5.52. The van der Waals surface area contributed by atoms with Crippen molar-refractivity contribution in [2.24, 2.45) is 5.73 Å². The molecule has 0 fully saturated rings. The molecule has 1 aromatic carbocycles. The lowest BCUT2D eigenvalue weighted by atomic mass is 10.0. The summed E-state index contributed by atoms with van der Waals surface area (Å²) in [6.45, 7) is 2.08. The van der Waals surface area contributed by atoms with E-state index in [4.69, 9.17) is 15.2 Å². The third-order valence-electron chi connectivity index (χ3n) is 3.31. The molecule has 3 nitrogen and oxygen atoms in total. The molecule has 0 amide bonds. The molecular weight excluding hydrogens is 226 g/mol. The molecule has 0 aromatic heterocycles. The zero-order chi connectivity index (χ0) is 13.4. The molecular formula is C15H25NO2. The number of nitrogens with two attached hydrogens (primary N) is 1. The fourth-order valence-corrected chi connectivity index (χ4v) is 1.86. The van der Waals surface area contributed by atoms with Gasteiger partial charge in [-0.25, -0.2) is 0 Å². The number of aryl methyl sites for hydroxylation is 1. The normalized spacial score (nSPS) is 14.2. The minimum absolute atomic E-state index is 0.254. The minimum Gasteiger partial charge on any atom is -0.497 e. The summed E-state index contributed by atoms with van der Waals surface area (Å²) in [5.74, 6) is 0.900. The van der Waals surface area contributed by atoms with E-state index in [0.717, 1.165) is 31.4 Å². The van der Waals surface area contributed by atoms with Gasteiger partial charge in [0.15, 0.2) is 0 Å². The van der Waals surface area contributed by atoms with Crippen LogP contribution in [-0.4, -0.2) is 26.4 Å². The van der Waals surface area contributed by atoms with E-state index in [1.807, 2.05) is 12.1 Å². The van der Waals surface area contributed by atoms with Crippen LogP contribution in [0.15, 0.2) is 24.3 Å². The summed E-state index contributed by atoms with van der Waals surface area (Å²) in [6.07, 6.45) is 4.39. The second kappa shape index (κ2) is 8.11. The largest absolute Gasteiger partial charge is 0.497 e. The van der Waals surface area contributed by atoms with Gasteiger partial charge in [-0.15, -0.1) is 0 Å². The van der Waals surface area contributed by atoms with Crippen molar-refractivity contribution in [3.8, 4) is 5.75 Å². The topological polar surface area (TPSA) is 44.5 Å². The molecule has 0 aliphatic rings. The predicted molar refractivity (Wildman–Crippen MR) is 75.0 cm³/mol. The Balaban J connectivity index is 2.26. The monoisotopic (exact) mass is 251 g/mol. The van der Waals surface area contributed by atoms with Crippen molar-refractivity contribution in [2.45, 2.75) is 44.8 Å². The Hall–Kier alpha value is -1.06. The first-order valence-corrected chi connectivity index (χ1v) is 6.57. The van der Waals surface area contributed by atoms with Gasteiger partial charge in [0.1, 0.15) is 5.75 Å². The highest BCUT2D eigenvalue weighted by Gasteiger charge is 2.06. The second-order valence-electron chi connectivity index (χ2n) is 4.77. The standard InChI is InChI=1S/C15H25NO2/c1-12(17-2)4-8-14(16)9-5-13-6-10-15(18-3)11-7-13/h6-7,10-12,14H,4-5,8-9,16H2,1-3H3. The molecule has 0 radical (unpaired) electrons. The van der Waals surface area contributed by atoms with Gasteiger partial charge in [0.05, 0.1) is 13.2 Å². The highest BCUT2D eigenvalue weighted by atomic mass is 16.5. The summed E-state index contributed by atoms with van der Waals surface area (Å²) in [5.41, 5.74) is 7.41. The van der Waals surface area contributed by atoms with Crippen LogP contribution >= 0.6 is 0 Å². The van der Waals surface area contributed by atoms with Crippen molar-refractivity contribution in [1.29, 1.82) is 0 Å². The van der Waals surface area contributed by atoms with Crippen molar-refractivity contribution in [3.05, 3.63) is 29.8 Å². The van der Waals surface area contributed by atoms with Crippen LogP contribution in [-0.2, 0) is 11.2 Å². The van der Waals surface area contributed by atoms with E-state index < -0.39 is 0 Å². The van der Waals surface area contributed by atoms with E-state index in [-0.39, 0.29) is 6.04 Å². The van der Waals surface area contributed by atoms with Gasteiger partial charge in [-0.3, -0.25) is 0 Å². The number of hydrogen-bond acceptors (Lipinski definition) is 3. The van der Waals surface area contributed by atoms with Crippen LogP contribution < -0.4 is 10.5 Å². The van der Waals surface area contributed by atoms with Gasteiger partial charge in [0.2, 0.25) is 0 Å². The molecule has 1 rings (SSSR count). The van der Waals surface area contributed by atoms with Crippen molar-refractivity contribution in [2.75, 3.05) is 14.2 Å². The van der Waals surface area contributed by atoms with Crippen LogP contribution in [0.3, 0.4) is 0 Å². The van der Waals surface area contributed by atoms with E-state index in [9.17, 15) is 0 Å². The molecule has 3 heteroatoms. The smallest absolute Gasteiger partial charge is 0.118 e. The first kappa shape index (κ1) is 15.0. The maximum Gasteiger partial charge on any atom is 0.118 e. The molecule has 0 aliphatic heterocycles. The van der Waals surface area contributed by atoms with Gasteiger partial charge in [0.25, 0.3) is 0 Å². The van der Waals surface area contributed by atoms with E-state index in [1.54, 1.807) is 14.2 Å². The van der Waals surface area contributed by atoms with Gasteiger partial charge in [-0.05, 0) is 50.3 Å². The zero-order valence-corrected chi connectivity index (χ0v) is 11.7. The van der Waals surface area contributed by atoms with Gasteiger partial charge in [0, 0.05) is 13.2 Å². The summed E-state index contributed by atoms with van der Waals surface area (Å²) in [5, 5.41) is 0. The van der Waals surface area contributed by atoms with E-state index >= 15 is 0 Å². The number of methoxy groups -OCH3 is 2. The van der Waals surface area contributed by atoms with Crippen molar-refractivity contribution in [1.82, 2.24) is 0 Å². The highest BCUT2D eigenvalue weighted by Crippen LogP contribution is 2.14. The van der Waals surface area contributed by atoms with Gasteiger partial charge in [-0.1, -0.05) is 12.1 Å². The SMILES string of the molecule is COc1ccc(CCC(N)CCC(C)OC)cc1. The van der Waals surface area contributed by atoms with Crippen molar-refractivity contribution >= 4 is 0 Å². The Bertz CT molecular complexity index is 324. The molecule has 0 bridgehead atoms. The van der Waals surface area contributed by atoms with E-state index in [0.29, 0.717) is 6.10 Å². The first-order valence-electron chi connectivity index (χ1n) is 6.57. The molecule has 18 heavy (non-hydrogen) atoms. The molecule has 2 unspecified atom stereocenters. The molecule has 2 atom stereocenters. The van der Waals surface area contributed by atoms with Crippen molar-refractivity contribution < 1.29 is 9.47 Å². The Morgan fingerprint density at radius 3 is 2.28 bits per heavy atom. The highest BCUT2D eigenvalue weighted by molar-refractivity contribution is 5.27. The van der Waals surface area contributed by atoms with Gasteiger partial charge < -0.3 is 15.2 Å². The average Bonchev–Trinajstić information content (AvgIpc) is 2.42. The fourth-order valence-electron chi connectivity index (χ4n) is 1.86. The Kier molecular flexibility index (Phi) is 6.76. The van der Waals surface area contributed by atoms with Crippen LogP contribution in [0, 0.1) is 0 Å². The summed E-state index contributed by atoms with van der Waals surface area (Å²) in [6, 6.07) is 8.44. The van der Waals surface area contributed by atoms with E-state index in [2.05, 4.69) is 19.1 Å². The molecule has 1 aromatic rings. The lowest BCUT2D eigenvalue weighted by Gasteiger charge is -2.14. The van der Waals surface area contributed by atoms with Crippen molar-refractivity contribution in [3.63, 3.8) is 0 Å². The van der Waals surface area contributed by atoms with Gasteiger partial charge in [-0.2, -0.15) is 0 Å². The molecule has 0 spiro atoms. The van der Waals surface area contributed by atoms with Crippen LogP contribution in [0.2, 0.25) is 0 Å². The zero-order valence-electron chi connectivity index (χ0n) is 11.7. The predicted octanol–water partition coefficient (Wildman–Crippen LogP) is 2.77. The summed E-state index contributed by atoms with van der Waals surface area (Å²) in [4.78, 5) is 0. The lowest BCUT2D eigenvalue weighted by molar-refractivity contribution is 0.107. The number of hydrogen-bond donors (Lipinski definition) is 1. The van der Waals surface area contributed by atoms with Crippen LogP contribution in [0.5, 0.6) is 5.75 Å². The van der Waals surface area contributed by atoms with E-state index in [1.165, 1.54) is 5.56 Å².